The lowest BCUT2D eigenvalue weighted by Gasteiger charge is -2.63. The second-order valence-corrected chi connectivity index (χ2v) is 12.1. The number of hydrogen-bond donors (Lipinski definition) is 5. The van der Waals surface area contributed by atoms with Gasteiger partial charge in [0.25, 0.3) is 0 Å². The summed E-state index contributed by atoms with van der Waals surface area (Å²) in [7, 11) is 0. The molecule has 0 aromatic heterocycles. The first-order valence-electron chi connectivity index (χ1n) is 13.0. The van der Waals surface area contributed by atoms with Crippen molar-refractivity contribution in [1.82, 2.24) is 5.32 Å². The molecule has 32 heavy (non-hydrogen) atoms. The van der Waals surface area contributed by atoms with E-state index >= 15 is 0 Å². The van der Waals surface area contributed by atoms with E-state index in [0.717, 1.165) is 51.4 Å². The van der Waals surface area contributed by atoms with Crippen LogP contribution in [0.3, 0.4) is 0 Å². The normalized spacial score (nSPS) is 49.0. The molecular weight excluding hydrogens is 406 g/mol. The number of aliphatic hydroxyl groups excluding tert-OH is 4. The molecule has 6 heteroatoms. The van der Waals surface area contributed by atoms with Gasteiger partial charge in [-0.25, -0.2) is 0 Å². The third-order valence-corrected chi connectivity index (χ3v) is 10.8. The van der Waals surface area contributed by atoms with Crippen molar-refractivity contribution < 1.29 is 25.2 Å². The monoisotopic (exact) mass is 451 g/mol. The Balaban J connectivity index is 1.51. The molecule has 0 saturated heterocycles. The third-order valence-electron chi connectivity index (χ3n) is 10.8. The number of carbonyl (C=O) groups excluding carboxylic acids is 1. The van der Waals surface area contributed by atoms with Crippen molar-refractivity contribution in [2.45, 2.75) is 96.9 Å². The minimum Gasteiger partial charge on any atom is -0.395 e. The van der Waals surface area contributed by atoms with Crippen molar-refractivity contribution in [3.8, 4) is 0 Å². The standard InChI is InChI=1S/C26H45NO5/c1-15(4-7-23(32)27-10-11-28)18-5-6-19-24-20(14-22(31)26(18,19)3)25(2)9-8-17(29)12-16(25)13-21(24)30/h15-22,24,28-31H,4-14H2,1-3H3,(H,27,32)/t15-,16-,17-,18-,19+,20+,21-,22+,24+,25+,26-/m1/s1. The van der Waals surface area contributed by atoms with Gasteiger partial charge in [-0.1, -0.05) is 20.8 Å². The van der Waals surface area contributed by atoms with E-state index in [4.69, 9.17) is 5.11 Å². The topological polar surface area (TPSA) is 110 Å². The van der Waals surface area contributed by atoms with Gasteiger partial charge in [-0.15, -0.1) is 0 Å². The molecule has 4 aliphatic rings. The molecule has 6 nitrogen and oxygen atoms in total. The Morgan fingerprint density at radius 3 is 2.53 bits per heavy atom. The van der Waals surface area contributed by atoms with E-state index in [9.17, 15) is 20.1 Å². The Labute approximate surface area is 193 Å². The summed E-state index contributed by atoms with van der Waals surface area (Å²) in [6, 6.07) is 0. The maximum atomic E-state index is 12.0. The van der Waals surface area contributed by atoms with E-state index in [-0.39, 0.29) is 47.6 Å². The molecule has 0 aromatic carbocycles. The number of fused-ring (bicyclic) bond motifs is 5. The smallest absolute Gasteiger partial charge is 0.220 e. The fourth-order valence-corrected chi connectivity index (χ4v) is 8.98. The summed E-state index contributed by atoms with van der Waals surface area (Å²) >= 11 is 0. The van der Waals surface area contributed by atoms with Crippen LogP contribution in [0, 0.1) is 46.3 Å². The van der Waals surface area contributed by atoms with E-state index in [1.165, 1.54) is 0 Å². The summed E-state index contributed by atoms with van der Waals surface area (Å²) in [5.74, 6) is 1.85. The SMILES string of the molecule is C[C@H](CCC(=O)NCCO)[C@H]1CC[C@H]2[C@@H]3[C@H](O)C[C@H]4C[C@H](O)CC[C@]4(C)[C@H]3C[C@H](O)[C@]12C. The van der Waals surface area contributed by atoms with Crippen LogP contribution in [-0.4, -0.2) is 57.8 Å². The average molecular weight is 452 g/mol. The van der Waals surface area contributed by atoms with Gasteiger partial charge in [0.2, 0.25) is 5.91 Å². The van der Waals surface area contributed by atoms with Crippen LogP contribution in [0.25, 0.3) is 0 Å². The molecule has 0 bridgehead atoms. The number of aliphatic hydroxyl groups is 4. The van der Waals surface area contributed by atoms with Gasteiger partial charge in [0.15, 0.2) is 0 Å². The van der Waals surface area contributed by atoms with Gasteiger partial charge in [-0.3, -0.25) is 4.79 Å². The summed E-state index contributed by atoms with van der Waals surface area (Å²) in [6.07, 6.45) is 6.48. The number of rotatable bonds is 6. The summed E-state index contributed by atoms with van der Waals surface area (Å²) in [5, 5.41) is 44.8. The van der Waals surface area contributed by atoms with Gasteiger partial charge in [0.1, 0.15) is 0 Å². The molecule has 11 atom stereocenters. The van der Waals surface area contributed by atoms with E-state index in [0.29, 0.717) is 42.6 Å². The molecule has 4 fully saturated rings. The van der Waals surface area contributed by atoms with E-state index in [2.05, 4.69) is 26.1 Å². The van der Waals surface area contributed by atoms with Crippen LogP contribution >= 0.6 is 0 Å². The van der Waals surface area contributed by atoms with Crippen molar-refractivity contribution in [1.29, 1.82) is 0 Å². The van der Waals surface area contributed by atoms with Crippen LogP contribution in [0.15, 0.2) is 0 Å². The molecule has 0 radical (unpaired) electrons. The molecule has 4 saturated carbocycles. The fourth-order valence-electron chi connectivity index (χ4n) is 8.98. The Morgan fingerprint density at radius 2 is 1.81 bits per heavy atom. The second kappa shape index (κ2) is 9.16. The fraction of sp³-hybridized carbons (Fsp3) is 0.962. The Hall–Kier alpha value is -0.690. The van der Waals surface area contributed by atoms with Crippen LogP contribution in [0.1, 0.15) is 78.6 Å². The number of carbonyl (C=O) groups is 1. The van der Waals surface area contributed by atoms with Gasteiger partial charge < -0.3 is 25.7 Å². The van der Waals surface area contributed by atoms with Crippen molar-refractivity contribution in [2.24, 2.45) is 46.3 Å². The van der Waals surface area contributed by atoms with Crippen LogP contribution in [0.4, 0.5) is 0 Å². The van der Waals surface area contributed by atoms with Crippen LogP contribution < -0.4 is 5.32 Å². The highest BCUT2D eigenvalue weighted by Gasteiger charge is 2.65. The zero-order valence-electron chi connectivity index (χ0n) is 20.2. The zero-order chi connectivity index (χ0) is 23.3. The van der Waals surface area contributed by atoms with E-state index in [1.54, 1.807) is 0 Å². The number of hydrogen-bond acceptors (Lipinski definition) is 5. The first kappa shape index (κ1) is 24.4. The Kier molecular flexibility index (Phi) is 7.00. The van der Waals surface area contributed by atoms with Gasteiger partial charge in [-0.2, -0.15) is 0 Å². The molecule has 0 spiro atoms. The molecule has 5 N–H and O–H groups in total. The zero-order valence-corrected chi connectivity index (χ0v) is 20.2. The molecule has 1 amide bonds. The molecule has 4 aliphatic carbocycles. The minimum absolute atomic E-state index is 0.0176. The van der Waals surface area contributed by atoms with E-state index < -0.39 is 0 Å². The van der Waals surface area contributed by atoms with Crippen LogP contribution in [0.5, 0.6) is 0 Å². The molecule has 4 rings (SSSR count). The summed E-state index contributed by atoms with van der Waals surface area (Å²) in [6.45, 7) is 7.09. The highest BCUT2D eigenvalue weighted by atomic mass is 16.3. The molecule has 0 heterocycles. The van der Waals surface area contributed by atoms with Gasteiger partial charge in [0.05, 0.1) is 24.9 Å². The van der Waals surface area contributed by atoms with Crippen molar-refractivity contribution in [2.75, 3.05) is 13.2 Å². The lowest BCUT2D eigenvalue weighted by atomic mass is 9.43. The number of nitrogens with one attached hydrogen (secondary N) is 1. The lowest BCUT2D eigenvalue weighted by Crippen LogP contribution is -2.62. The maximum absolute atomic E-state index is 12.0. The van der Waals surface area contributed by atoms with Crippen molar-refractivity contribution >= 4 is 5.91 Å². The Morgan fingerprint density at radius 1 is 1.06 bits per heavy atom. The van der Waals surface area contributed by atoms with E-state index in [1.807, 2.05) is 0 Å². The highest BCUT2D eigenvalue weighted by molar-refractivity contribution is 5.75. The molecule has 0 unspecified atom stereocenters. The summed E-state index contributed by atoms with van der Waals surface area (Å²) in [5.41, 5.74) is -0.125. The summed E-state index contributed by atoms with van der Waals surface area (Å²) in [4.78, 5) is 12.0. The molecule has 184 valence electrons. The van der Waals surface area contributed by atoms with Gasteiger partial charge >= 0.3 is 0 Å². The number of amides is 1. The quantitative estimate of drug-likeness (QED) is 0.426. The summed E-state index contributed by atoms with van der Waals surface area (Å²) < 4.78 is 0. The van der Waals surface area contributed by atoms with Crippen LogP contribution in [0.2, 0.25) is 0 Å². The predicted molar refractivity (Wildman–Crippen MR) is 122 cm³/mol. The van der Waals surface area contributed by atoms with Crippen molar-refractivity contribution in [3.05, 3.63) is 0 Å². The molecule has 0 aliphatic heterocycles. The Bertz CT molecular complexity index is 687. The van der Waals surface area contributed by atoms with Crippen molar-refractivity contribution in [3.63, 3.8) is 0 Å². The predicted octanol–water partition coefficient (Wildman–Crippen LogP) is 2.47. The second-order valence-electron chi connectivity index (χ2n) is 12.1. The third kappa shape index (κ3) is 3.93. The largest absolute Gasteiger partial charge is 0.395 e. The molecule has 0 aromatic rings. The first-order chi connectivity index (χ1) is 15.1. The highest BCUT2D eigenvalue weighted by Crippen LogP contribution is 2.68. The lowest BCUT2D eigenvalue weighted by molar-refractivity contribution is -0.207. The maximum Gasteiger partial charge on any atom is 0.220 e. The van der Waals surface area contributed by atoms with Gasteiger partial charge in [0, 0.05) is 13.0 Å². The average Bonchev–Trinajstić information content (AvgIpc) is 3.11. The minimum atomic E-state index is -0.387. The van der Waals surface area contributed by atoms with Crippen LogP contribution in [-0.2, 0) is 4.79 Å². The van der Waals surface area contributed by atoms with Gasteiger partial charge in [-0.05, 0) is 97.7 Å². The first-order valence-corrected chi connectivity index (χ1v) is 13.0. The molecular formula is C26H45NO5.